The van der Waals surface area contributed by atoms with E-state index in [1.807, 2.05) is 72.8 Å². The highest BCUT2D eigenvalue weighted by Crippen LogP contribution is 2.21. The summed E-state index contributed by atoms with van der Waals surface area (Å²) in [5, 5.41) is 9.54. The molecule has 0 aliphatic carbocycles. The summed E-state index contributed by atoms with van der Waals surface area (Å²) in [6.45, 7) is 0. The number of carbonyl (C=O) groups excluding carboxylic acids is 2. The number of carbonyl (C=O) groups is 2. The van der Waals surface area contributed by atoms with Crippen molar-refractivity contribution in [2.45, 2.75) is 11.5 Å². The molecule has 0 fully saturated rings. The standard InChI is InChI=1S/C25H21N3O3S/c29-23(15-19-9-6-8-18-7-4-5-12-22(18)19)28-26-16-21-13-14-25(31-21)32-17-24(30)27-20-10-2-1-3-11-20/h1-14,16H,15,17H2,(H,27,30)(H,28,29)/b26-16+. The number of nitrogens with zero attached hydrogens (tertiary/aromatic N) is 1. The molecule has 2 N–H and O–H groups in total. The van der Waals surface area contributed by atoms with Gasteiger partial charge in [0.1, 0.15) is 5.76 Å². The van der Waals surface area contributed by atoms with Crippen molar-refractivity contribution in [3.63, 3.8) is 0 Å². The molecule has 6 nitrogen and oxygen atoms in total. The van der Waals surface area contributed by atoms with Crippen molar-refractivity contribution < 1.29 is 14.0 Å². The Hall–Kier alpha value is -3.84. The molecular weight excluding hydrogens is 422 g/mol. The highest BCUT2D eigenvalue weighted by Gasteiger charge is 2.08. The Balaban J connectivity index is 1.25. The molecule has 1 aromatic heterocycles. The second-order valence-electron chi connectivity index (χ2n) is 6.97. The van der Waals surface area contributed by atoms with E-state index in [4.69, 9.17) is 4.42 Å². The van der Waals surface area contributed by atoms with E-state index >= 15 is 0 Å². The van der Waals surface area contributed by atoms with Crippen LogP contribution in [-0.4, -0.2) is 23.8 Å². The summed E-state index contributed by atoms with van der Waals surface area (Å²) in [6, 6.07) is 26.6. The Morgan fingerprint density at radius 3 is 2.53 bits per heavy atom. The average Bonchev–Trinajstić information content (AvgIpc) is 3.26. The van der Waals surface area contributed by atoms with Gasteiger partial charge in [-0.2, -0.15) is 5.10 Å². The number of furan rings is 1. The van der Waals surface area contributed by atoms with Crippen molar-refractivity contribution in [2.24, 2.45) is 5.10 Å². The van der Waals surface area contributed by atoms with Gasteiger partial charge in [-0.1, -0.05) is 72.4 Å². The molecule has 160 valence electrons. The number of hydrogen-bond acceptors (Lipinski definition) is 5. The number of fused-ring (bicyclic) bond motifs is 1. The summed E-state index contributed by atoms with van der Waals surface area (Å²) < 4.78 is 5.62. The third kappa shape index (κ3) is 5.86. The van der Waals surface area contributed by atoms with Crippen molar-refractivity contribution in [3.8, 4) is 0 Å². The minimum absolute atomic E-state index is 0.117. The predicted octanol–water partition coefficient (Wildman–Crippen LogP) is 4.86. The minimum Gasteiger partial charge on any atom is -0.449 e. The van der Waals surface area contributed by atoms with Gasteiger partial charge in [0.15, 0.2) is 5.09 Å². The quantitative estimate of drug-likeness (QED) is 0.232. The number of rotatable bonds is 8. The van der Waals surface area contributed by atoms with E-state index in [0.717, 1.165) is 22.0 Å². The lowest BCUT2D eigenvalue weighted by atomic mass is 10.0. The number of anilines is 1. The molecule has 4 rings (SSSR count). The zero-order valence-corrected chi connectivity index (χ0v) is 18.0. The van der Waals surface area contributed by atoms with Crippen LogP contribution in [0.25, 0.3) is 10.8 Å². The second kappa shape index (κ2) is 10.5. The summed E-state index contributed by atoms with van der Waals surface area (Å²) in [4.78, 5) is 24.3. The smallest absolute Gasteiger partial charge is 0.244 e. The van der Waals surface area contributed by atoms with E-state index in [1.54, 1.807) is 12.1 Å². The van der Waals surface area contributed by atoms with E-state index in [9.17, 15) is 9.59 Å². The van der Waals surface area contributed by atoms with Crippen molar-refractivity contribution in [2.75, 3.05) is 11.1 Å². The SMILES string of the molecule is O=C(Cc1cccc2ccccc12)N/N=C/c1ccc(SCC(=O)Nc2ccccc2)o1. The summed E-state index contributed by atoms with van der Waals surface area (Å²) >= 11 is 1.28. The summed E-state index contributed by atoms with van der Waals surface area (Å²) in [7, 11) is 0. The lowest BCUT2D eigenvalue weighted by molar-refractivity contribution is -0.120. The summed E-state index contributed by atoms with van der Waals surface area (Å²) in [5.74, 6) is 0.382. The first kappa shape index (κ1) is 21.4. The molecule has 0 bridgehead atoms. The van der Waals surface area contributed by atoms with Crippen LogP contribution in [0.4, 0.5) is 5.69 Å². The number of thioether (sulfide) groups is 1. The molecule has 32 heavy (non-hydrogen) atoms. The van der Waals surface area contributed by atoms with Gasteiger partial charge >= 0.3 is 0 Å². The zero-order valence-electron chi connectivity index (χ0n) is 17.2. The van der Waals surface area contributed by atoms with Gasteiger partial charge in [-0.3, -0.25) is 9.59 Å². The minimum atomic E-state index is -0.212. The van der Waals surface area contributed by atoms with Gasteiger partial charge in [-0.15, -0.1) is 0 Å². The van der Waals surface area contributed by atoms with Crippen molar-refractivity contribution in [1.82, 2.24) is 5.43 Å². The highest BCUT2D eigenvalue weighted by molar-refractivity contribution is 7.99. The first-order valence-electron chi connectivity index (χ1n) is 10.0. The first-order valence-corrected chi connectivity index (χ1v) is 11.0. The number of benzene rings is 3. The fraction of sp³-hybridized carbons (Fsp3) is 0.0800. The van der Waals surface area contributed by atoms with Crippen molar-refractivity contribution in [3.05, 3.63) is 96.3 Å². The Kier molecular flexibility index (Phi) is 6.99. The zero-order chi connectivity index (χ0) is 22.2. The molecular formula is C25H21N3O3S. The van der Waals surface area contributed by atoms with Crippen LogP contribution in [0.1, 0.15) is 11.3 Å². The van der Waals surface area contributed by atoms with Gasteiger partial charge in [0.2, 0.25) is 11.8 Å². The van der Waals surface area contributed by atoms with Crippen LogP contribution in [0.3, 0.4) is 0 Å². The molecule has 3 aromatic carbocycles. The van der Waals surface area contributed by atoms with Crippen LogP contribution >= 0.6 is 11.8 Å². The maximum absolute atomic E-state index is 12.3. The van der Waals surface area contributed by atoms with Gasteiger partial charge in [-0.05, 0) is 40.6 Å². The molecule has 0 aliphatic heterocycles. The Labute approximate surface area is 189 Å². The fourth-order valence-electron chi connectivity index (χ4n) is 3.16. The molecule has 0 atom stereocenters. The largest absolute Gasteiger partial charge is 0.449 e. The van der Waals surface area contributed by atoms with E-state index < -0.39 is 0 Å². The topological polar surface area (TPSA) is 83.7 Å². The average molecular weight is 444 g/mol. The lowest BCUT2D eigenvalue weighted by Crippen LogP contribution is -2.19. The van der Waals surface area contributed by atoms with Crippen molar-refractivity contribution in [1.29, 1.82) is 0 Å². The van der Waals surface area contributed by atoms with Crippen LogP contribution in [-0.2, 0) is 16.0 Å². The fourth-order valence-corrected chi connectivity index (χ4v) is 3.83. The molecule has 4 aromatic rings. The molecule has 0 saturated carbocycles. The first-order chi connectivity index (χ1) is 15.7. The van der Waals surface area contributed by atoms with E-state index in [-0.39, 0.29) is 24.0 Å². The van der Waals surface area contributed by atoms with Gasteiger partial charge in [-0.25, -0.2) is 5.43 Å². The Morgan fingerprint density at radius 1 is 0.875 bits per heavy atom. The number of nitrogens with one attached hydrogen (secondary N) is 2. The maximum Gasteiger partial charge on any atom is 0.244 e. The van der Waals surface area contributed by atoms with Crippen LogP contribution in [0, 0.1) is 0 Å². The molecule has 0 spiro atoms. The van der Waals surface area contributed by atoms with Crippen LogP contribution < -0.4 is 10.7 Å². The number of para-hydroxylation sites is 1. The third-order valence-electron chi connectivity index (χ3n) is 4.62. The Morgan fingerprint density at radius 2 is 1.66 bits per heavy atom. The molecule has 0 radical (unpaired) electrons. The van der Waals surface area contributed by atoms with E-state index in [2.05, 4.69) is 15.8 Å². The molecule has 2 amide bonds. The molecule has 0 aliphatic rings. The summed E-state index contributed by atoms with van der Waals surface area (Å²) in [5.41, 5.74) is 4.23. The van der Waals surface area contributed by atoms with Crippen LogP contribution in [0.15, 0.2) is 99.5 Å². The van der Waals surface area contributed by atoms with E-state index in [1.165, 1.54) is 18.0 Å². The number of hydrazone groups is 1. The lowest BCUT2D eigenvalue weighted by Gasteiger charge is -2.05. The molecule has 7 heteroatoms. The molecule has 1 heterocycles. The van der Waals surface area contributed by atoms with Gasteiger partial charge in [0.05, 0.1) is 18.4 Å². The van der Waals surface area contributed by atoms with Crippen LogP contribution in [0.2, 0.25) is 0 Å². The third-order valence-corrected chi connectivity index (χ3v) is 5.53. The highest BCUT2D eigenvalue weighted by atomic mass is 32.2. The van der Waals surface area contributed by atoms with Crippen LogP contribution in [0.5, 0.6) is 0 Å². The predicted molar refractivity (Wildman–Crippen MR) is 128 cm³/mol. The maximum atomic E-state index is 12.3. The normalized spacial score (nSPS) is 11.0. The number of amides is 2. The van der Waals surface area contributed by atoms with Gasteiger partial charge in [0, 0.05) is 5.69 Å². The monoisotopic (exact) mass is 443 g/mol. The Bertz CT molecular complexity index is 1250. The molecule has 0 saturated heterocycles. The summed E-state index contributed by atoms with van der Waals surface area (Å²) in [6.07, 6.45) is 1.67. The van der Waals surface area contributed by atoms with Gasteiger partial charge < -0.3 is 9.73 Å². The van der Waals surface area contributed by atoms with E-state index in [0.29, 0.717) is 10.9 Å². The number of hydrogen-bond donors (Lipinski definition) is 2. The van der Waals surface area contributed by atoms with Gasteiger partial charge in [0.25, 0.3) is 0 Å². The second-order valence-corrected chi connectivity index (χ2v) is 7.95. The molecule has 0 unspecified atom stereocenters. The van der Waals surface area contributed by atoms with Crippen molar-refractivity contribution >= 4 is 46.3 Å².